The monoisotopic (exact) mass is 320 g/mol. The van der Waals surface area contributed by atoms with Crippen molar-refractivity contribution in [3.8, 4) is 11.5 Å². The van der Waals surface area contributed by atoms with E-state index in [0.29, 0.717) is 23.7 Å². The number of aromatic nitrogens is 4. The van der Waals surface area contributed by atoms with Gasteiger partial charge in [-0.05, 0) is 28.5 Å². The molecule has 0 aliphatic rings. The molecule has 23 heavy (non-hydrogen) atoms. The van der Waals surface area contributed by atoms with Crippen molar-refractivity contribution < 1.29 is 19.4 Å². The van der Waals surface area contributed by atoms with E-state index < -0.39 is 12.0 Å². The molecule has 8 nitrogen and oxygen atoms in total. The molecule has 0 amide bonds. The number of para-hydroxylation sites is 2. The van der Waals surface area contributed by atoms with E-state index in [1.54, 1.807) is 19.2 Å². The van der Waals surface area contributed by atoms with Crippen molar-refractivity contribution in [3.05, 3.63) is 30.1 Å². The zero-order chi connectivity index (χ0) is 16.8. The lowest BCUT2D eigenvalue weighted by molar-refractivity contribution is -0.143. The molecule has 1 N–H and O–H groups in total. The van der Waals surface area contributed by atoms with Crippen LogP contribution >= 0.6 is 0 Å². The Morgan fingerprint density at radius 3 is 2.65 bits per heavy atom. The van der Waals surface area contributed by atoms with Crippen LogP contribution in [0.3, 0.4) is 0 Å². The minimum absolute atomic E-state index is 0.0492. The number of carbonyl (C=O) groups is 1. The number of rotatable bonds is 8. The molecule has 0 saturated carbocycles. The maximum atomic E-state index is 11.5. The van der Waals surface area contributed by atoms with Crippen LogP contribution in [0.1, 0.15) is 32.1 Å². The van der Waals surface area contributed by atoms with Gasteiger partial charge in [-0.15, -0.1) is 5.10 Å². The van der Waals surface area contributed by atoms with E-state index in [-0.39, 0.29) is 12.5 Å². The molecule has 2 atom stereocenters. The fourth-order valence-electron chi connectivity index (χ4n) is 2.22. The molecule has 1 heterocycles. The Kier molecular flexibility index (Phi) is 5.51. The van der Waals surface area contributed by atoms with Gasteiger partial charge in [0.1, 0.15) is 6.61 Å². The molecule has 0 spiro atoms. The second-order valence-corrected chi connectivity index (χ2v) is 5.15. The average Bonchev–Trinajstić information content (AvgIpc) is 3.00. The standard InChI is InChI=1S/C15H20N4O4/c1-4-10(2)14(15(20)21)19-13(16-17-18-19)9-23-12-8-6-5-7-11(12)22-3/h5-8,10,14H,4,9H2,1-3H3,(H,20,21). The van der Waals surface area contributed by atoms with E-state index in [4.69, 9.17) is 9.47 Å². The second-order valence-electron chi connectivity index (χ2n) is 5.15. The maximum absolute atomic E-state index is 11.5. The van der Waals surface area contributed by atoms with Crippen molar-refractivity contribution in [2.75, 3.05) is 7.11 Å². The number of ether oxygens (including phenoxy) is 2. The first-order valence-corrected chi connectivity index (χ1v) is 7.33. The Morgan fingerprint density at radius 2 is 2.04 bits per heavy atom. The zero-order valence-electron chi connectivity index (χ0n) is 13.3. The summed E-state index contributed by atoms with van der Waals surface area (Å²) in [6.45, 7) is 3.83. The fourth-order valence-corrected chi connectivity index (χ4v) is 2.22. The third kappa shape index (κ3) is 3.77. The number of hydrogen-bond donors (Lipinski definition) is 1. The number of aliphatic carboxylic acids is 1. The third-order valence-corrected chi connectivity index (χ3v) is 3.69. The molecule has 0 aliphatic heterocycles. The fraction of sp³-hybridized carbons (Fsp3) is 0.467. The summed E-state index contributed by atoms with van der Waals surface area (Å²) in [5.41, 5.74) is 0. The summed E-state index contributed by atoms with van der Waals surface area (Å²) >= 11 is 0. The van der Waals surface area contributed by atoms with Crippen molar-refractivity contribution in [3.63, 3.8) is 0 Å². The first-order chi connectivity index (χ1) is 11.1. The number of hydrogen-bond acceptors (Lipinski definition) is 6. The van der Waals surface area contributed by atoms with E-state index in [1.165, 1.54) is 4.68 Å². The van der Waals surface area contributed by atoms with Gasteiger partial charge in [0.15, 0.2) is 23.4 Å². The predicted molar refractivity (Wildman–Crippen MR) is 81.3 cm³/mol. The van der Waals surface area contributed by atoms with Gasteiger partial charge in [0.05, 0.1) is 7.11 Å². The molecule has 0 saturated heterocycles. The SMILES string of the molecule is CCC(C)C(C(=O)O)n1nnnc1COc1ccccc1OC. The molecule has 2 aromatic rings. The Morgan fingerprint density at radius 1 is 1.35 bits per heavy atom. The van der Waals surface area contributed by atoms with E-state index >= 15 is 0 Å². The Hall–Kier alpha value is -2.64. The number of nitrogens with zero attached hydrogens (tertiary/aromatic N) is 4. The molecular weight excluding hydrogens is 300 g/mol. The Labute approximate surface area is 134 Å². The van der Waals surface area contributed by atoms with Crippen LogP contribution in [-0.2, 0) is 11.4 Å². The highest BCUT2D eigenvalue weighted by atomic mass is 16.5. The average molecular weight is 320 g/mol. The van der Waals surface area contributed by atoms with Gasteiger partial charge < -0.3 is 14.6 Å². The van der Waals surface area contributed by atoms with E-state index in [0.717, 1.165) is 0 Å². The molecule has 2 rings (SSSR count). The summed E-state index contributed by atoms with van der Waals surface area (Å²) in [6, 6.07) is 6.36. The van der Waals surface area contributed by atoms with Crippen LogP contribution in [0.5, 0.6) is 11.5 Å². The lowest BCUT2D eigenvalue weighted by Gasteiger charge is -2.19. The van der Waals surface area contributed by atoms with Crippen molar-refractivity contribution in [1.29, 1.82) is 0 Å². The first kappa shape index (κ1) is 16.7. The van der Waals surface area contributed by atoms with Crippen LogP contribution in [0.2, 0.25) is 0 Å². The quantitative estimate of drug-likeness (QED) is 0.793. The van der Waals surface area contributed by atoms with Gasteiger partial charge in [-0.25, -0.2) is 9.48 Å². The van der Waals surface area contributed by atoms with Crippen molar-refractivity contribution in [1.82, 2.24) is 20.2 Å². The summed E-state index contributed by atoms with van der Waals surface area (Å²) < 4.78 is 12.2. The van der Waals surface area contributed by atoms with E-state index in [1.807, 2.05) is 26.0 Å². The van der Waals surface area contributed by atoms with Gasteiger partial charge in [-0.3, -0.25) is 0 Å². The topological polar surface area (TPSA) is 99.4 Å². The van der Waals surface area contributed by atoms with Crippen molar-refractivity contribution in [2.45, 2.75) is 32.9 Å². The highest BCUT2D eigenvalue weighted by Crippen LogP contribution is 2.27. The van der Waals surface area contributed by atoms with Crippen LogP contribution in [0.4, 0.5) is 0 Å². The lowest BCUT2D eigenvalue weighted by atomic mass is 9.99. The third-order valence-electron chi connectivity index (χ3n) is 3.69. The molecule has 0 bridgehead atoms. The lowest BCUT2D eigenvalue weighted by Crippen LogP contribution is -2.28. The van der Waals surface area contributed by atoms with E-state index in [2.05, 4.69) is 15.5 Å². The Bertz CT molecular complexity index is 658. The zero-order valence-corrected chi connectivity index (χ0v) is 13.3. The van der Waals surface area contributed by atoms with Gasteiger partial charge in [-0.1, -0.05) is 32.4 Å². The van der Waals surface area contributed by atoms with Gasteiger partial charge in [-0.2, -0.15) is 0 Å². The number of methoxy groups -OCH3 is 1. The largest absolute Gasteiger partial charge is 0.493 e. The van der Waals surface area contributed by atoms with Crippen LogP contribution in [0.25, 0.3) is 0 Å². The predicted octanol–water partition coefficient (Wildman–Crippen LogP) is 1.93. The molecule has 124 valence electrons. The van der Waals surface area contributed by atoms with Gasteiger partial charge in [0, 0.05) is 0 Å². The summed E-state index contributed by atoms with van der Waals surface area (Å²) in [6.07, 6.45) is 0.698. The first-order valence-electron chi connectivity index (χ1n) is 7.33. The molecule has 0 aliphatic carbocycles. The normalized spacial score (nSPS) is 13.3. The molecule has 0 radical (unpaired) electrons. The van der Waals surface area contributed by atoms with E-state index in [9.17, 15) is 9.90 Å². The number of carboxylic acid groups (broad SMARTS) is 1. The highest BCUT2D eigenvalue weighted by molar-refractivity contribution is 5.72. The minimum Gasteiger partial charge on any atom is -0.493 e. The molecule has 1 aromatic carbocycles. The smallest absolute Gasteiger partial charge is 0.328 e. The van der Waals surface area contributed by atoms with Crippen molar-refractivity contribution >= 4 is 5.97 Å². The molecule has 8 heteroatoms. The molecule has 2 unspecified atom stereocenters. The molecule has 1 aromatic heterocycles. The van der Waals surface area contributed by atoms with Crippen molar-refractivity contribution in [2.24, 2.45) is 5.92 Å². The summed E-state index contributed by atoms with van der Waals surface area (Å²) in [5.74, 6) is 0.401. The van der Waals surface area contributed by atoms with Gasteiger partial charge in [0.25, 0.3) is 0 Å². The Balaban J connectivity index is 2.19. The minimum atomic E-state index is -0.967. The highest BCUT2D eigenvalue weighted by Gasteiger charge is 2.29. The van der Waals surface area contributed by atoms with Crippen LogP contribution in [-0.4, -0.2) is 38.4 Å². The molecular formula is C15H20N4O4. The summed E-state index contributed by atoms with van der Waals surface area (Å²) in [7, 11) is 1.55. The molecule has 0 fully saturated rings. The number of carboxylic acids is 1. The summed E-state index contributed by atoms with van der Waals surface area (Å²) in [5, 5.41) is 20.8. The number of benzene rings is 1. The van der Waals surface area contributed by atoms with Crippen LogP contribution in [0, 0.1) is 5.92 Å². The number of tetrazole rings is 1. The maximum Gasteiger partial charge on any atom is 0.328 e. The van der Waals surface area contributed by atoms with Crippen LogP contribution in [0.15, 0.2) is 24.3 Å². The van der Waals surface area contributed by atoms with Gasteiger partial charge in [0.2, 0.25) is 0 Å². The summed E-state index contributed by atoms with van der Waals surface area (Å²) in [4.78, 5) is 11.5. The van der Waals surface area contributed by atoms with Gasteiger partial charge >= 0.3 is 5.97 Å². The second kappa shape index (κ2) is 7.57. The van der Waals surface area contributed by atoms with Crippen LogP contribution < -0.4 is 9.47 Å².